The van der Waals surface area contributed by atoms with Gasteiger partial charge in [-0.1, -0.05) is 38.2 Å². The topological polar surface area (TPSA) is 74.6 Å². The van der Waals surface area contributed by atoms with E-state index in [9.17, 15) is 18.6 Å². The molecule has 0 aromatic heterocycles. The second kappa shape index (κ2) is 10.1. The Balaban J connectivity index is 1.74. The molecule has 6 atom stereocenters. The highest BCUT2D eigenvalue weighted by molar-refractivity contribution is 7.94. The summed E-state index contributed by atoms with van der Waals surface area (Å²) in [5.41, 5.74) is 3.47. The molecule has 2 N–H and O–H groups in total. The lowest BCUT2D eigenvalue weighted by Crippen LogP contribution is -2.44. The molecule has 0 heterocycles. The Morgan fingerprint density at radius 2 is 1.80 bits per heavy atom. The van der Waals surface area contributed by atoms with Gasteiger partial charge in [-0.3, -0.25) is 0 Å². The first-order valence-corrected chi connectivity index (χ1v) is 15.2. The summed E-state index contributed by atoms with van der Waals surface area (Å²) in [6, 6.07) is 0. The molecule has 0 spiro atoms. The summed E-state index contributed by atoms with van der Waals surface area (Å²) < 4.78 is 24.9. The number of fused-ring (bicyclic) bond motifs is 1. The summed E-state index contributed by atoms with van der Waals surface area (Å²) in [6.45, 7) is 18.1. The summed E-state index contributed by atoms with van der Waals surface area (Å²) in [6.07, 6.45) is 11.7. The Labute approximate surface area is 214 Å². The van der Waals surface area contributed by atoms with Crippen molar-refractivity contribution in [3.05, 3.63) is 35.5 Å². The van der Waals surface area contributed by atoms with Gasteiger partial charge < -0.3 is 10.2 Å². The van der Waals surface area contributed by atoms with E-state index in [0.717, 1.165) is 24.0 Å². The van der Waals surface area contributed by atoms with Crippen LogP contribution in [0, 0.1) is 23.2 Å². The standard InChI is InChI=1S/C30H50O4S/c1-20(15-17-29(6,7)35(33,34)28(3,4)5)25-13-14-26-22(10-9-16-30(25,26)8)11-12-23-18-24(31)19-27(32)21(23)2/h11-12,20,24-27,31-32H,2,9-10,13-19H2,1,3-8H3/b22-11+,23-12-/t20-,24?,25?,26+,27?,30-/m1/s1. The zero-order valence-electron chi connectivity index (χ0n) is 23.2. The van der Waals surface area contributed by atoms with Crippen molar-refractivity contribution in [2.75, 3.05) is 0 Å². The van der Waals surface area contributed by atoms with E-state index in [-0.39, 0.29) is 5.41 Å². The van der Waals surface area contributed by atoms with E-state index in [2.05, 4.69) is 32.6 Å². The molecule has 0 radical (unpaired) electrons. The second-order valence-corrected chi connectivity index (χ2v) is 16.9. The van der Waals surface area contributed by atoms with E-state index < -0.39 is 31.5 Å². The van der Waals surface area contributed by atoms with Gasteiger partial charge in [-0.15, -0.1) is 0 Å². The van der Waals surface area contributed by atoms with Crippen molar-refractivity contribution in [1.29, 1.82) is 0 Å². The highest BCUT2D eigenvalue weighted by Gasteiger charge is 2.51. The quantitative estimate of drug-likeness (QED) is 0.429. The zero-order chi connectivity index (χ0) is 26.4. The van der Waals surface area contributed by atoms with Crippen LogP contribution >= 0.6 is 0 Å². The minimum Gasteiger partial charge on any atom is -0.393 e. The maximum absolute atomic E-state index is 13.2. The third kappa shape index (κ3) is 5.52. The van der Waals surface area contributed by atoms with Crippen LogP contribution in [0.3, 0.4) is 0 Å². The Hall–Kier alpha value is -0.910. The Morgan fingerprint density at radius 1 is 1.14 bits per heavy atom. The normalized spacial score (nSPS) is 36.0. The van der Waals surface area contributed by atoms with Crippen LogP contribution in [0.25, 0.3) is 0 Å². The highest BCUT2D eigenvalue weighted by Crippen LogP contribution is 2.60. The molecule has 3 aliphatic rings. The van der Waals surface area contributed by atoms with Crippen molar-refractivity contribution in [1.82, 2.24) is 0 Å². The van der Waals surface area contributed by atoms with Gasteiger partial charge in [0, 0.05) is 6.42 Å². The lowest BCUT2D eigenvalue weighted by atomic mass is 9.60. The molecule has 0 aromatic rings. The molecule has 3 unspecified atom stereocenters. The summed E-state index contributed by atoms with van der Waals surface area (Å²) in [5.74, 6) is 1.64. The van der Waals surface area contributed by atoms with Gasteiger partial charge in [-0.25, -0.2) is 8.42 Å². The van der Waals surface area contributed by atoms with Crippen LogP contribution in [-0.2, 0) is 9.84 Å². The number of sulfone groups is 1. The second-order valence-electron chi connectivity index (χ2n) is 13.6. The number of aliphatic hydroxyl groups excluding tert-OH is 2. The molecule has 0 saturated heterocycles. The van der Waals surface area contributed by atoms with Crippen LogP contribution in [0.4, 0.5) is 0 Å². The Kier molecular flexibility index (Phi) is 8.27. The molecule has 0 amide bonds. The maximum Gasteiger partial charge on any atom is 0.160 e. The van der Waals surface area contributed by atoms with Gasteiger partial charge in [0.2, 0.25) is 0 Å². The van der Waals surface area contributed by atoms with Gasteiger partial charge in [0.05, 0.1) is 21.7 Å². The molecule has 0 aromatic carbocycles. The smallest absolute Gasteiger partial charge is 0.160 e. The van der Waals surface area contributed by atoms with Crippen LogP contribution in [0.2, 0.25) is 0 Å². The van der Waals surface area contributed by atoms with Crippen LogP contribution < -0.4 is 0 Å². The van der Waals surface area contributed by atoms with Gasteiger partial charge in [-0.05, 0) is 120 Å². The molecule has 35 heavy (non-hydrogen) atoms. The van der Waals surface area contributed by atoms with E-state index in [0.29, 0.717) is 37.0 Å². The predicted octanol–water partition coefficient (Wildman–Crippen LogP) is 6.54. The largest absolute Gasteiger partial charge is 0.393 e. The van der Waals surface area contributed by atoms with E-state index in [1.54, 1.807) is 0 Å². The first-order chi connectivity index (χ1) is 16.0. The van der Waals surface area contributed by atoms with Crippen molar-refractivity contribution in [2.45, 2.75) is 128 Å². The van der Waals surface area contributed by atoms with Gasteiger partial charge in [0.1, 0.15) is 0 Å². The van der Waals surface area contributed by atoms with Crippen LogP contribution in [-0.4, -0.2) is 40.3 Å². The minimum absolute atomic E-state index is 0.248. The Morgan fingerprint density at radius 3 is 2.43 bits per heavy atom. The van der Waals surface area contributed by atoms with Crippen LogP contribution in [0.5, 0.6) is 0 Å². The van der Waals surface area contributed by atoms with E-state index >= 15 is 0 Å². The monoisotopic (exact) mass is 506 g/mol. The third-order valence-electron chi connectivity index (χ3n) is 9.72. The van der Waals surface area contributed by atoms with E-state index in [4.69, 9.17) is 0 Å². The van der Waals surface area contributed by atoms with E-state index in [1.165, 1.54) is 31.3 Å². The fraction of sp³-hybridized carbons (Fsp3) is 0.800. The third-order valence-corrected chi connectivity index (χ3v) is 13.0. The summed E-state index contributed by atoms with van der Waals surface area (Å²) in [5, 5.41) is 20.3. The van der Waals surface area contributed by atoms with Gasteiger partial charge >= 0.3 is 0 Å². The average Bonchev–Trinajstić information content (AvgIpc) is 3.10. The number of hydrogen-bond donors (Lipinski definition) is 2. The molecule has 3 saturated carbocycles. The van der Waals surface area contributed by atoms with Crippen molar-refractivity contribution in [3.8, 4) is 0 Å². The van der Waals surface area contributed by atoms with Crippen molar-refractivity contribution in [2.24, 2.45) is 23.2 Å². The fourth-order valence-electron chi connectivity index (χ4n) is 7.42. The molecular formula is C30H50O4S. The van der Waals surface area contributed by atoms with Crippen molar-refractivity contribution >= 4 is 9.84 Å². The van der Waals surface area contributed by atoms with Crippen LogP contribution in [0.15, 0.2) is 35.5 Å². The molecule has 4 nitrogen and oxygen atoms in total. The van der Waals surface area contributed by atoms with Crippen LogP contribution in [0.1, 0.15) is 106 Å². The number of allylic oxidation sites excluding steroid dienone is 3. The molecule has 5 heteroatoms. The molecule has 0 aliphatic heterocycles. The molecule has 3 rings (SSSR count). The molecular weight excluding hydrogens is 456 g/mol. The molecule has 200 valence electrons. The molecule has 3 fully saturated rings. The summed E-state index contributed by atoms with van der Waals surface area (Å²) in [7, 11) is -3.23. The zero-order valence-corrected chi connectivity index (χ0v) is 24.0. The molecule has 0 bridgehead atoms. The highest BCUT2D eigenvalue weighted by atomic mass is 32.2. The van der Waals surface area contributed by atoms with Gasteiger partial charge in [-0.2, -0.15) is 0 Å². The number of aliphatic hydroxyl groups is 2. The first kappa shape index (κ1) is 28.7. The predicted molar refractivity (Wildman–Crippen MR) is 146 cm³/mol. The lowest BCUT2D eigenvalue weighted by Gasteiger charge is -2.45. The van der Waals surface area contributed by atoms with Crippen molar-refractivity contribution in [3.63, 3.8) is 0 Å². The maximum atomic E-state index is 13.2. The SMILES string of the molecule is C=C1/C(=C\C=C2/CCC[C@]3(C)C([C@H](C)CCC(C)(C)S(=O)(=O)C(C)(C)C)CC[C@@H]23)CC(O)CC1O. The average molecular weight is 507 g/mol. The van der Waals surface area contributed by atoms with Gasteiger partial charge in [0.25, 0.3) is 0 Å². The lowest BCUT2D eigenvalue weighted by molar-refractivity contribution is 0.0861. The molecule has 3 aliphatic carbocycles. The minimum atomic E-state index is -3.23. The van der Waals surface area contributed by atoms with Crippen molar-refractivity contribution < 1.29 is 18.6 Å². The summed E-state index contributed by atoms with van der Waals surface area (Å²) in [4.78, 5) is 0. The van der Waals surface area contributed by atoms with Gasteiger partial charge in [0.15, 0.2) is 9.84 Å². The number of rotatable bonds is 6. The van der Waals surface area contributed by atoms with E-state index in [1.807, 2.05) is 34.6 Å². The fourth-order valence-corrected chi connectivity index (χ4v) is 9.46. The summed E-state index contributed by atoms with van der Waals surface area (Å²) >= 11 is 0. The number of hydrogen-bond acceptors (Lipinski definition) is 4. The Bertz CT molecular complexity index is 965. The first-order valence-electron chi connectivity index (χ1n) is 13.7.